The Morgan fingerprint density at radius 1 is 1.38 bits per heavy atom. The predicted molar refractivity (Wildman–Crippen MR) is 63.1 cm³/mol. The van der Waals surface area contributed by atoms with Crippen LogP contribution in [0.4, 0.5) is 4.39 Å². The lowest BCUT2D eigenvalue weighted by Crippen LogP contribution is -2.29. The van der Waals surface area contributed by atoms with E-state index >= 15 is 0 Å². The van der Waals surface area contributed by atoms with Crippen molar-refractivity contribution in [3.8, 4) is 0 Å². The SMILES string of the molecule is CC(C)CN(C)CC(=O)c1ccccc1F. The Bertz CT molecular complexity index is 363. The summed E-state index contributed by atoms with van der Waals surface area (Å²) in [5, 5.41) is 0. The van der Waals surface area contributed by atoms with E-state index in [0.717, 1.165) is 6.54 Å². The maximum atomic E-state index is 13.3. The van der Waals surface area contributed by atoms with Crippen molar-refractivity contribution < 1.29 is 9.18 Å². The summed E-state index contributed by atoms with van der Waals surface area (Å²) < 4.78 is 13.3. The Hall–Kier alpha value is -1.22. The average molecular weight is 223 g/mol. The zero-order valence-electron chi connectivity index (χ0n) is 10.0. The van der Waals surface area contributed by atoms with Crippen molar-refractivity contribution in [2.24, 2.45) is 5.92 Å². The van der Waals surface area contributed by atoms with Crippen molar-refractivity contribution in [3.05, 3.63) is 35.6 Å². The van der Waals surface area contributed by atoms with Crippen LogP contribution in [0.25, 0.3) is 0 Å². The zero-order chi connectivity index (χ0) is 12.1. The normalized spacial score (nSPS) is 11.1. The maximum absolute atomic E-state index is 13.3. The van der Waals surface area contributed by atoms with E-state index in [1.807, 2.05) is 11.9 Å². The third kappa shape index (κ3) is 3.74. The average Bonchev–Trinajstić information content (AvgIpc) is 2.16. The number of halogens is 1. The van der Waals surface area contributed by atoms with Gasteiger partial charge in [-0.15, -0.1) is 0 Å². The minimum atomic E-state index is -0.439. The summed E-state index contributed by atoms with van der Waals surface area (Å²) in [4.78, 5) is 13.7. The summed E-state index contributed by atoms with van der Waals surface area (Å²) >= 11 is 0. The Labute approximate surface area is 96.1 Å². The molecule has 0 heterocycles. The molecule has 0 fully saturated rings. The number of likely N-dealkylation sites (N-methyl/N-ethyl adjacent to an activating group) is 1. The minimum Gasteiger partial charge on any atom is -0.299 e. The predicted octanol–water partition coefficient (Wildman–Crippen LogP) is 2.60. The summed E-state index contributed by atoms with van der Waals surface area (Å²) in [7, 11) is 1.87. The molecule has 0 saturated carbocycles. The molecule has 1 aromatic rings. The first-order valence-corrected chi connectivity index (χ1v) is 5.47. The summed E-state index contributed by atoms with van der Waals surface area (Å²) in [5.74, 6) is -0.106. The van der Waals surface area contributed by atoms with E-state index in [-0.39, 0.29) is 17.9 Å². The third-order valence-corrected chi connectivity index (χ3v) is 2.26. The van der Waals surface area contributed by atoms with Crippen LogP contribution in [0.15, 0.2) is 24.3 Å². The highest BCUT2D eigenvalue weighted by Gasteiger charge is 2.13. The second-order valence-corrected chi connectivity index (χ2v) is 4.49. The van der Waals surface area contributed by atoms with Crippen LogP contribution in [-0.4, -0.2) is 30.8 Å². The molecule has 1 rings (SSSR count). The smallest absolute Gasteiger partial charge is 0.179 e. The first-order chi connectivity index (χ1) is 7.50. The van der Waals surface area contributed by atoms with Gasteiger partial charge in [0.25, 0.3) is 0 Å². The summed E-state index contributed by atoms with van der Waals surface area (Å²) in [5.41, 5.74) is 0.179. The van der Waals surface area contributed by atoms with E-state index in [1.54, 1.807) is 12.1 Å². The third-order valence-electron chi connectivity index (χ3n) is 2.26. The van der Waals surface area contributed by atoms with Gasteiger partial charge in [-0.05, 0) is 25.1 Å². The molecule has 0 radical (unpaired) electrons. The second-order valence-electron chi connectivity index (χ2n) is 4.49. The molecule has 0 aliphatic carbocycles. The van der Waals surface area contributed by atoms with Crippen LogP contribution in [0.5, 0.6) is 0 Å². The number of carbonyl (C=O) groups excluding carboxylic acids is 1. The standard InChI is InChI=1S/C13H18FNO/c1-10(2)8-15(3)9-13(16)11-6-4-5-7-12(11)14/h4-7,10H,8-9H2,1-3H3. The topological polar surface area (TPSA) is 20.3 Å². The van der Waals surface area contributed by atoms with Gasteiger partial charge in [0.05, 0.1) is 12.1 Å². The summed E-state index contributed by atoms with van der Waals surface area (Å²) in [6.45, 7) is 5.27. The van der Waals surface area contributed by atoms with Gasteiger partial charge in [0.15, 0.2) is 5.78 Å². The van der Waals surface area contributed by atoms with Crippen LogP contribution in [0.3, 0.4) is 0 Å². The Balaban J connectivity index is 2.63. The summed E-state index contributed by atoms with van der Waals surface area (Å²) in [6.07, 6.45) is 0. The van der Waals surface area contributed by atoms with Crippen LogP contribution in [0.2, 0.25) is 0 Å². The number of rotatable bonds is 5. The van der Waals surface area contributed by atoms with Crippen molar-refractivity contribution >= 4 is 5.78 Å². The van der Waals surface area contributed by atoms with Crippen LogP contribution < -0.4 is 0 Å². The van der Waals surface area contributed by atoms with Gasteiger partial charge >= 0.3 is 0 Å². The molecule has 16 heavy (non-hydrogen) atoms. The highest BCUT2D eigenvalue weighted by molar-refractivity contribution is 5.97. The van der Waals surface area contributed by atoms with E-state index in [2.05, 4.69) is 13.8 Å². The molecule has 0 spiro atoms. The van der Waals surface area contributed by atoms with Gasteiger partial charge in [0.2, 0.25) is 0 Å². The molecular weight excluding hydrogens is 205 g/mol. The number of benzene rings is 1. The first kappa shape index (κ1) is 12.8. The van der Waals surface area contributed by atoms with Crippen molar-refractivity contribution in [2.45, 2.75) is 13.8 Å². The lowest BCUT2D eigenvalue weighted by molar-refractivity contribution is 0.0936. The molecule has 2 nitrogen and oxygen atoms in total. The van der Waals surface area contributed by atoms with E-state index in [1.165, 1.54) is 12.1 Å². The van der Waals surface area contributed by atoms with Crippen LogP contribution in [0.1, 0.15) is 24.2 Å². The van der Waals surface area contributed by atoms with Crippen molar-refractivity contribution in [2.75, 3.05) is 20.1 Å². The number of nitrogens with zero attached hydrogens (tertiary/aromatic N) is 1. The quantitative estimate of drug-likeness (QED) is 0.715. The van der Waals surface area contributed by atoms with E-state index in [0.29, 0.717) is 5.92 Å². The number of carbonyl (C=O) groups is 1. The van der Waals surface area contributed by atoms with Gasteiger partial charge < -0.3 is 0 Å². The minimum absolute atomic E-state index is 0.166. The molecular formula is C13H18FNO. The molecule has 0 unspecified atom stereocenters. The van der Waals surface area contributed by atoms with Gasteiger partial charge in [0, 0.05) is 6.54 Å². The highest BCUT2D eigenvalue weighted by Crippen LogP contribution is 2.08. The largest absolute Gasteiger partial charge is 0.299 e. The Morgan fingerprint density at radius 2 is 2.00 bits per heavy atom. The Kier molecular flexibility index (Phi) is 4.62. The lowest BCUT2D eigenvalue weighted by atomic mass is 10.1. The number of ketones is 1. The van der Waals surface area contributed by atoms with Gasteiger partial charge in [-0.25, -0.2) is 4.39 Å². The fourth-order valence-corrected chi connectivity index (χ4v) is 1.71. The fraction of sp³-hybridized carbons (Fsp3) is 0.462. The lowest BCUT2D eigenvalue weighted by Gasteiger charge is -2.17. The van der Waals surface area contributed by atoms with Crippen molar-refractivity contribution in [3.63, 3.8) is 0 Å². The van der Waals surface area contributed by atoms with Crippen LogP contribution in [0, 0.1) is 11.7 Å². The number of Topliss-reactive ketones (excluding diaryl/α,β-unsaturated/α-hetero) is 1. The Morgan fingerprint density at radius 3 is 2.56 bits per heavy atom. The van der Waals surface area contributed by atoms with Crippen molar-refractivity contribution in [1.82, 2.24) is 4.90 Å². The molecule has 0 aliphatic rings. The van der Waals surface area contributed by atoms with Crippen molar-refractivity contribution in [1.29, 1.82) is 0 Å². The molecule has 0 saturated heterocycles. The van der Waals surface area contributed by atoms with Gasteiger partial charge in [-0.2, -0.15) is 0 Å². The molecule has 3 heteroatoms. The van der Waals surface area contributed by atoms with Crippen LogP contribution in [-0.2, 0) is 0 Å². The maximum Gasteiger partial charge on any atom is 0.179 e. The molecule has 0 aromatic heterocycles. The molecule has 0 aliphatic heterocycles. The van der Waals surface area contributed by atoms with Gasteiger partial charge in [-0.3, -0.25) is 9.69 Å². The fourth-order valence-electron chi connectivity index (χ4n) is 1.71. The van der Waals surface area contributed by atoms with Gasteiger partial charge in [0.1, 0.15) is 5.82 Å². The van der Waals surface area contributed by atoms with E-state index in [4.69, 9.17) is 0 Å². The molecule has 0 bridgehead atoms. The zero-order valence-corrected chi connectivity index (χ0v) is 10.0. The number of hydrogen-bond donors (Lipinski definition) is 0. The van der Waals surface area contributed by atoms with E-state index < -0.39 is 5.82 Å². The highest BCUT2D eigenvalue weighted by atomic mass is 19.1. The first-order valence-electron chi connectivity index (χ1n) is 5.47. The molecule has 0 amide bonds. The number of hydrogen-bond acceptors (Lipinski definition) is 2. The molecule has 1 aromatic carbocycles. The summed E-state index contributed by atoms with van der Waals surface area (Å²) in [6, 6.07) is 6.11. The molecule has 0 atom stereocenters. The second kappa shape index (κ2) is 5.75. The monoisotopic (exact) mass is 223 g/mol. The van der Waals surface area contributed by atoms with Crippen LogP contribution >= 0.6 is 0 Å². The molecule has 88 valence electrons. The van der Waals surface area contributed by atoms with Gasteiger partial charge in [-0.1, -0.05) is 26.0 Å². The van der Waals surface area contributed by atoms with E-state index in [9.17, 15) is 9.18 Å². The molecule has 0 N–H and O–H groups in total.